The number of ether oxygens (including phenoxy) is 1. The van der Waals surface area contributed by atoms with Gasteiger partial charge in [-0.3, -0.25) is 0 Å². The Kier molecular flexibility index (Phi) is 3.84. The van der Waals surface area contributed by atoms with Crippen molar-refractivity contribution in [2.75, 3.05) is 24.4 Å². The lowest BCUT2D eigenvalue weighted by Crippen LogP contribution is -2.59. The van der Waals surface area contributed by atoms with Gasteiger partial charge in [-0.2, -0.15) is 0 Å². The van der Waals surface area contributed by atoms with Crippen LogP contribution < -0.4 is 4.90 Å². The number of anilines is 1. The number of halogens is 1. The van der Waals surface area contributed by atoms with E-state index in [1.54, 1.807) is 6.20 Å². The van der Waals surface area contributed by atoms with Crippen LogP contribution >= 0.6 is 23.4 Å². The topological polar surface area (TPSA) is 58.5 Å². The molecule has 2 bridgehead atoms. The Morgan fingerprint density at radius 1 is 1.42 bits per heavy atom. The van der Waals surface area contributed by atoms with Crippen LogP contribution in [0.25, 0.3) is 0 Å². The molecule has 1 aromatic heterocycles. The molecule has 19 heavy (non-hydrogen) atoms. The number of hydrogen-bond acceptors (Lipinski definition) is 6. The molecule has 3 heterocycles. The monoisotopic (exact) mass is 301 g/mol. The zero-order valence-corrected chi connectivity index (χ0v) is 12.2. The highest BCUT2D eigenvalue weighted by Gasteiger charge is 2.39. The molecule has 2 aliphatic rings. The summed E-state index contributed by atoms with van der Waals surface area (Å²) in [6, 6.07) is 0.303. The second-order valence-corrected chi connectivity index (χ2v) is 6.11. The van der Waals surface area contributed by atoms with Crippen LogP contribution in [0.2, 0.25) is 5.02 Å². The highest BCUT2D eigenvalue weighted by molar-refractivity contribution is 7.98. The number of morpholine rings is 1. The summed E-state index contributed by atoms with van der Waals surface area (Å²) in [7, 11) is 0. The molecule has 0 aromatic carbocycles. The van der Waals surface area contributed by atoms with Crippen molar-refractivity contribution in [3.05, 3.63) is 11.2 Å². The fourth-order valence-electron chi connectivity index (χ4n) is 2.82. The van der Waals surface area contributed by atoms with Gasteiger partial charge in [-0.25, -0.2) is 9.97 Å². The highest BCUT2D eigenvalue weighted by atomic mass is 35.5. The van der Waals surface area contributed by atoms with Gasteiger partial charge >= 0.3 is 0 Å². The van der Waals surface area contributed by atoms with Crippen LogP contribution in [-0.4, -0.2) is 52.7 Å². The predicted molar refractivity (Wildman–Crippen MR) is 74.9 cm³/mol. The van der Waals surface area contributed by atoms with E-state index in [0.717, 1.165) is 5.03 Å². The van der Waals surface area contributed by atoms with Crippen LogP contribution in [0.5, 0.6) is 0 Å². The third kappa shape index (κ3) is 2.54. The molecule has 2 aliphatic heterocycles. The summed E-state index contributed by atoms with van der Waals surface area (Å²) in [6.07, 6.45) is 4.76. The van der Waals surface area contributed by atoms with Gasteiger partial charge in [0.25, 0.3) is 0 Å². The van der Waals surface area contributed by atoms with E-state index in [4.69, 9.17) is 16.3 Å². The lowest BCUT2D eigenvalue weighted by atomic mass is 9.92. The molecule has 5 nitrogen and oxygen atoms in total. The van der Waals surface area contributed by atoms with Gasteiger partial charge in [0.15, 0.2) is 0 Å². The Morgan fingerprint density at radius 3 is 2.74 bits per heavy atom. The number of piperidine rings is 1. The maximum Gasteiger partial charge on any atom is 0.227 e. The van der Waals surface area contributed by atoms with E-state index in [1.807, 2.05) is 6.26 Å². The molecule has 0 aliphatic carbocycles. The number of aromatic nitrogens is 2. The van der Waals surface area contributed by atoms with E-state index in [9.17, 15) is 5.11 Å². The van der Waals surface area contributed by atoms with Crippen molar-refractivity contribution in [1.82, 2.24) is 9.97 Å². The van der Waals surface area contributed by atoms with Crippen molar-refractivity contribution in [3.8, 4) is 0 Å². The quantitative estimate of drug-likeness (QED) is 0.661. The normalized spacial score (nSPS) is 30.5. The van der Waals surface area contributed by atoms with Crippen molar-refractivity contribution >= 4 is 29.3 Å². The zero-order chi connectivity index (χ0) is 13.4. The maximum absolute atomic E-state index is 9.88. The Hall–Kier alpha value is -0.560. The van der Waals surface area contributed by atoms with Crippen LogP contribution in [0.1, 0.15) is 12.8 Å². The SMILES string of the molecule is CSc1nc(N2[C@@H]3COC[C@H]2C[C@@H](O)C3)ncc1Cl. The molecule has 7 heteroatoms. The zero-order valence-electron chi connectivity index (χ0n) is 10.6. The number of rotatable bonds is 2. The number of nitrogens with zero attached hydrogens (tertiary/aromatic N) is 3. The van der Waals surface area contributed by atoms with Gasteiger partial charge in [0.2, 0.25) is 5.95 Å². The largest absolute Gasteiger partial charge is 0.393 e. The third-order valence-electron chi connectivity index (χ3n) is 3.62. The smallest absolute Gasteiger partial charge is 0.227 e. The minimum Gasteiger partial charge on any atom is -0.393 e. The van der Waals surface area contributed by atoms with Gasteiger partial charge in [-0.15, -0.1) is 11.8 Å². The first-order chi connectivity index (χ1) is 9.19. The molecule has 3 rings (SSSR count). The van der Waals surface area contributed by atoms with Gasteiger partial charge in [0.1, 0.15) is 5.03 Å². The fraction of sp³-hybridized carbons (Fsp3) is 0.667. The van der Waals surface area contributed by atoms with Crippen molar-refractivity contribution in [1.29, 1.82) is 0 Å². The molecule has 1 N–H and O–H groups in total. The maximum atomic E-state index is 9.88. The van der Waals surface area contributed by atoms with Gasteiger partial charge < -0.3 is 14.7 Å². The van der Waals surface area contributed by atoms with E-state index in [2.05, 4.69) is 14.9 Å². The molecular formula is C12H16ClN3O2S. The van der Waals surface area contributed by atoms with E-state index >= 15 is 0 Å². The second-order valence-electron chi connectivity index (χ2n) is 4.90. The van der Waals surface area contributed by atoms with E-state index in [1.165, 1.54) is 11.8 Å². The molecule has 104 valence electrons. The Morgan fingerprint density at radius 2 is 2.11 bits per heavy atom. The first-order valence-electron chi connectivity index (χ1n) is 6.29. The van der Waals surface area contributed by atoms with E-state index in [0.29, 0.717) is 37.0 Å². The summed E-state index contributed by atoms with van der Waals surface area (Å²) in [4.78, 5) is 11.1. The summed E-state index contributed by atoms with van der Waals surface area (Å²) >= 11 is 7.56. The molecule has 1 aromatic rings. The van der Waals surface area contributed by atoms with Gasteiger partial charge in [-0.1, -0.05) is 11.6 Å². The molecule has 0 saturated carbocycles. The van der Waals surface area contributed by atoms with Crippen LogP contribution in [0, 0.1) is 0 Å². The minimum atomic E-state index is -0.248. The number of fused-ring (bicyclic) bond motifs is 2. The molecule has 2 fully saturated rings. The molecule has 0 unspecified atom stereocenters. The lowest BCUT2D eigenvalue weighted by Gasteiger charge is -2.47. The molecule has 0 spiro atoms. The summed E-state index contributed by atoms with van der Waals surface area (Å²) < 4.78 is 5.58. The Labute approximate surface area is 121 Å². The van der Waals surface area contributed by atoms with Gasteiger partial charge in [0, 0.05) is 0 Å². The van der Waals surface area contributed by atoms with Crippen LogP contribution in [-0.2, 0) is 4.74 Å². The number of aliphatic hydroxyl groups excluding tert-OH is 1. The van der Waals surface area contributed by atoms with Crippen LogP contribution in [0.4, 0.5) is 5.95 Å². The molecular weight excluding hydrogens is 286 g/mol. The second kappa shape index (κ2) is 5.44. The first kappa shape index (κ1) is 13.4. The van der Waals surface area contributed by atoms with Gasteiger partial charge in [0.05, 0.1) is 42.6 Å². The summed E-state index contributed by atoms with van der Waals surface area (Å²) in [6.45, 7) is 1.24. The highest BCUT2D eigenvalue weighted by Crippen LogP contribution is 2.32. The summed E-state index contributed by atoms with van der Waals surface area (Å²) in [5, 5.41) is 11.2. The van der Waals surface area contributed by atoms with Crippen LogP contribution in [0.15, 0.2) is 11.2 Å². The van der Waals surface area contributed by atoms with E-state index < -0.39 is 0 Å². The summed E-state index contributed by atoms with van der Waals surface area (Å²) in [5.74, 6) is 0.693. The van der Waals surface area contributed by atoms with E-state index in [-0.39, 0.29) is 18.2 Å². The molecule has 3 atom stereocenters. The molecule has 0 amide bonds. The van der Waals surface area contributed by atoms with Crippen molar-refractivity contribution in [2.45, 2.75) is 36.1 Å². The fourth-order valence-corrected chi connectivity index (χ4v) is 3.57. The molecule has 0 radical (unpaired) electrons. The number of hydrogen-bond donors (Lipinski definition) is 1. The number of thioether (sulfide) groups is 1. The van der Waals surface area contributed by atoms with Crippen LogP contribution in [0.3, 0.4) is 0 Å². The number of aliphatic hydroxyl groups is 1. The Balaban J connectivity index is 1.92. The van der Waals surface area contributed by atoms with Crippen molar-refractivity contribution in [2.24, 2.45) is 0 Å². The standard InChI is InChI=1S/C12H16ClN3O2S/c1-19-11-10(13)4-14-12(15-11)16-7-2-9(17)3-8(16)6-18-5-7/h4,7-9,17H,2-3,5-6H2,1H3/t7-,8+,9-. The average molecular weight is 302 g/mol. The minimum absolute atomic E-state index is 0.151. The first-order valence-corrected chi connectivity index (χ1v) is 7.90. The average Bonchev–Trinajstić information content (AvgIpc) is 2.38. The van der Waals surface area contributed by atoms with Crippen molar-refractivity contribution in [3.63, 3.8) is 0 Å². The summed E-state index contributed by atoms with van der Waals surface area (Å²) in [5.41, 5.74) is 0. The third-order valence-corrected chi connectivity index (χ3v) is 4.71. The predicted octanol–water partition coefficient (Wildman–Crippen LogP) is 1.58. The van der Waals surface area contributed by atoms with Gasteiger partial charge in [-0.05, 0) is 19.1 Å². The lowest BCUT2D eigenvalue weighted by molar-refractivity contribution is 0.000277. The van der Waals surface area contributed by atoms with Crippen molar-refractivity contribution < 1.29 is 9.84 Å². The molecule has 2 saturated heterocycles. The Bertz CT molecular complexity index is 462.